The molecule has 0 spiro atoms. The highest BCUT2D eigenvalue weighted by atomic mass is 16.3. The first-order chi connectivity index (χ1) is 19.1. The molecule has 2 aromatic carbocycles. The molecule has 7 nitrogen and oxygen atoms in total. The van der Waals surface area contributed by atoms with Crippen molar-refractivity contribution in [1.29, 1.82) is 0 Å². The average molecular weight is 522 g/mol. The molecule has 2 bridgehead atoms. The Balaban J connectivity index is 1.14. The van der Waals surface area contributed by atoms with Crippen LogP contribution in [0.3, 0.4) is 0 Å². The third-order valence-electron chi connectivity index (χ3n) is 9.14. The summed E-state index contributed by atoms with van der Waals surface area (Å²) in [5.41, 5.74) is 5.55. The largest absolute Gasteiger partial charge is 0.393 e. The molecule has 4 heterocycles. The number of rotatable bonds is 6. The maximum absolute atomic E-state index is 13.5. The number of hydrogen-bond donors (Lipinski definition) is 3. The van der Waals surface area contributed by atoms with Crippen LogP contribution in [0.25, 0.3) is 22.2 Å². The van der Waals surface area contributed by atoms with Gasteiger partial charge in [0.1, 0.15) is 0 Å². The number of hydrogen-bond acceptors (Lipinski definition) is 5. The summed E-state index contributed by atoms with van der Waals surface area (Å²) in [5, 5.41) is 22.2. The van der Waals surface area contributed by atoms with Gasteiger partial charge in [0, 0.05) is 40.5 Å². The first-order valence-corrected chi connectivity index (χ1v) is 14.4. The van der Waals surface area contributed by atoms with E-state index in [4.69, 9.17) is 0 Å². The number of anilines is 1. The molecular formula is C32H35N5O2. The highest BCUT2D eigenvalue weighted by Gasteiger charge is 2.40. The summed E-state index contributed by atoms with van der Waals surface area (Å²) in [5.74, 6) is 0.332. The SMILES string of the molecule is O=C(N[C@@H](c1ccccn1)C1CCCC1)c1ccc2[nH]nc(-c3ccc(N4C5CCC4CC(O)C5)cc3)c2c1. The van der Waals surface area contributed by atoms with E-state index in [2.05, 4.69) is 49.7 Å². The van der Waals surface area contributed by atoms with Crippen molar-refractivity contribution in [3.63, 3.8) is 0 Å². The molecular weight excluding hydrogens is 486 g/mol. The van der Waals surface area contributed by atoms with Crippen LogP contribution >= 0.6 is 0 Å². The molecule has 2 aromatic heterocycles. The third kappa shape index (κ3) is 4.59. The zero-order valence-corrected chi connectivity index (χ0v) is 22.1. The normalized spacial score (nSPS) is 23.8. The zero-order chi connectivity index (χ0) is 26.3. The number of amides is 1. The van der Waals surface area contributed by atoms with Crippen molar-refractivity contribution in [1.82, 2.24) is 20.5 Å². The average Bonchev–Trinajstić information content (AvgIpc) is 3.70. The smallest absolute Gasteiger partial charge is 0.251 e. The fourth-order valence-corrected chi connectivity index (χ4v) is 7.25. The van der Waals surface area contributed by atoms with E-state index >= 15 is 0 Å². The number of fused-ring (bicyclic) bond motifs is 3. The van der Waals surface area contributed by atoms with Gasteiger partial charge >= 0.3 is 0 Å². The molecule has 1 aliphatic carbocycles. The van der Waals surface area contributed by atoms with Crippen molar-refractivity contribution in [3.05, 3.63) is 78.1 Å². The van der Waals surface area contributed by atoms with Gasteiger partial charge < -0.3 is 15.3 Å². The van der Waals surface area contributed by atoms with Crippen LogP contribution in [0.2, 0.25) is 0 Å². The van der Waals surface area contributed by atoms with Gasteiger partial charge in [0.2, 0.25) is 0 Å². The lowest BCUT2D eigenvalue weighted by Gasteiger charge is -2.39. The van der Waals surface area contributed by atoms with Gasteiger partial charge in [-0.2, -0.15) is 5.10 Å². The van der Waals surface area contributed by atoms with E-state index in [1.165, 1.54) is 18.5 Å². The van der Waals surface area contributed by atoms with Crippen LogP contribution in [-0.4, -0.2) is 44.4 Å². The van der Waals surface area contributed by atoms with E-state index in [9.17, 15) is 9.90 Å². The molecule has 3 atom stereocenters. The monoisotopic (exact) mass is 521 g/mol. The Morgan fingerprint density at radius 2 is 1.74 bits per heavy atom. The molecule has 39 heavy (non-hydrogen) atoms. The Labute approximate surface area is 228 Å². The van der Waals surface area contributed by atoms with Gasteiger partial charge in [-0.05, 0) is 86.9 Å². The minimum Gasteiger partial charge on any atom is -0.393 e. The Kier molecular flexibility index (Phi) is 6.31. The second-order valence-corrected chi connectivity index (χ2v) is 11.5. The number of H-pyrrole nitrogens is 1. The van der Waals surface area contributed by atoms with Crippen molar-refractivity contribution < 1.29 is 9.90 Å². The standard InChI is InChI=1S/C32H35N5O2/c38-26-18-24-13-14-25(19-26)37(24)23-11-8-21(9-12-23)30-27-17-22(10-15-28(27)35-36-30)32(39)34-31(20-5-1-2-6-20)29-7-3-4-16-33-29/h3-4,7-12,15-17,20,24-26,31,38H,1-2,5-6,13-14,18-19H2,(H,34,39)(H,35,36)/t24?,25?,26?,31-/m1/s1. The molecule has 7 heteroatoms. The van der Waals surface area contributed by atoms with Crippen LogP contribution in [0.5, 0.6) is 0 Å². The minimum absolute atomic E-state index is 0.0790. The molecule has 2 unspecified atom stereocenters. The van der Waals surface area contributed by atoms with Crippen molar-refractivity contribution in [2.75, 3.05) is 4.90 Å². The fourth-order valence-electron chi connectivity index (χ4n) is 7.25. The van der Waals surface area contributed by atoms with Gasteiger partial charge in [0.25, 0.3) is 5.91 Å². The number of nitrogens with zero attached hydrogens (tertiary/aromatic N) is 3. The summed E-state index contributed by atoms with van der Waals surface area (Å²) in [7, 11) is 0. The van der Waals surface area contributed by atoms with Crippen molar-refractivity contribution in [2.24, 2.45) is 5.92 Å². The summed E-state index contributed by atoms with van der Waals surface area (Å²) < 4.78 is 0. The Morgan fingerprint density at radius 1 is 0.974 bits per heavy atom. The number of piperidine rings is 1. The summed E-state index contributed by atoms with van der Waals surface area (Å²) in [6.45, 7) is 0. The van der Waals surface area contributed by atoms with E-state index in [1.807, 2.05) is 36.4 Å². The lowest BCUT2D eigenvalue weighted by atomic mass is 9.94. The van der Waals surface area contributed by atoms with Crippen LogP contribution in [0.4, 0.5) is 5.69 Å². The number of aromatic nitrogens is 3. The Morgan fingerprint density at radius 3 is 2.46 bits per heavy atom. The molecule has 4 aromatic rings. The Hall–Kier alpha value is -3.71. The molecule has 0 radical (unpaired) electrons. The van der Waals surface area contributed by atoms with Gasteiger partial charge in [-0.15, -0.1) is 0 Å². The molecule has 3 fully saturated rings. The molecule has 2 saturated heterocycles. The van der Waals surface area contributed by atoms with E-state index in [-0.39, 0.29) is 18.1 Å². The first kappa shape index (κ1) is 24.3. The number of nitrogens with one attached hydrogen (secondary N) is 2. The summed E-state index contributed by atoms with van der Waals surface area (Å²) in [6, 6.07) is 21.1. The number of aromatic amines is 1. The molecule has 2 aliphatic heterocycles. The van der Waals surface area contributed by atoms with Crippen LogP contribution in [0.15, 0.2) is 66.9 Å². The van der Waals surface area contributed by atoms with Crippen molar-refractivity contribution in [3.8, 4) is 11.3 Å². The van der Waals surface area contributed by atoms with Crippen LogP contribution in [0.1, 0.15) is 73.5 Å². The molecule has 3 N–H and O–H groups in total. The number of aliphatic hydroxyl groups is 1. The van der Waals surface area contributed by atoms with Gasteiger partial charge in [-0.25, -0.2) is 0 Å². The maximum Gasteiger partial charge on any atom is 0.251 e. The Bertz CT molecular complexity index is 1450. The second kappa shape index (κ2) is 10.1. The van der Waals surface area contributed by atoms with Crippen molar-refractivity contribution in [2.45, 2.75) is 75.6 Å². The second-order valence-electron chi connectivity index (χ2n) is 11.5. The predicted octanol–water partition coefficient (Wildman–Crippen LogP) is 5.78. The quantitative estimate of drug-likeness (QED) is 0.299. The number of aliphatic hydroxyl groups excluding tert-OH is 1. The summed E-state index contributed by atoms with van der Waals surface area (Å²) in [6.07, 6.45) is 10.3. The molecule has 1 saturated carbocycles. The van der Waals surface area contributed by atoms with Crippen LogP contribution in [-0.2, 0) is 0 Å². The lowest BCUT2D eigenvalue weighted by Crippen LogP contribution is -2.44. The zero-order valence-electron chi connectivity index (χ0n) is 22.1. The number of benzene rings is 2. The lowest BCUT2D eigenvalue weighted by molar-refractivity contribution is 0.0920. The highest BCUT2D eigenvalue weighted by molar-refractivity contribution is 6.01. The van der Waals surface area contributed by atoms with Crippen molar-refractivity contribution >= 4 is 22.5 Å². The number of carbonyl (C=O) groups is 1. The van der Waals surface area contributed by atoms with E-state index in [0.717, 1.165) is 66.4 Å². The topological polar surface area (TPSA) is 94.1 Å². The van der Waals surface area contributed by atoms with Crippen LogP contribution in [0, 0.1) is 5.92 Å². The minimum atomic E-state index is -0.169. The molecule has 200 valence electrons. The van der Waals surface area contributed by atoms with E-state index in [1.54, 1.807) is 6.20 Å². The highest BCUT2D eigenvalue weighted by Crippen LogP contribution is 2.40. The van der Waals surface area contributed by atoms with Gasteiger partial charge in [-0.1, -0.05) is 31.0 Å². The van der Waals surface area contributed by atoms with Gasteiger partial charge in [0.05, 0.1) is 29.1 Å². The van der Waals surface area contributed by atoms with E-state index in [0.29, 0.717) is 23.6 Å². The van der Waals surface area contributed by atoms with E-state index < -0.39 is 0 Å². The molecule has 3 aliphatic rings. The van der Waals surface area contributed by atoms with Gasteiger partial charge in [0.15, 0.2) is 0 Å². The molecule has 1 amide bonds. The van der Waals surface area contributed by atoms with Crippen LogP contribution < -0.4 is 10.2 Å². The summed E-state index contributed by atoms with van der Waals surface area (Å²) in [4.78, 5) is 20.6. The molecule has 7 rings (SSSR count). The fraction of sp³-hybridized carbons (Fsp3) is 0.406. The first-order valence-electron chi connectivity index (χ1n) is 14.4. The summed E-state index contributed by atoms with van der Waals surface area (Å²) >= 11 is 0. The predicted molar refractivity (Wildman–Crippen MR) is 152 cm³/mol. The third-order valence-corrected chi connectivity index (χ3v) is 9.14. The number of pyridine rings is 1. The van der Waals surface area contributed by atoms with Gasteiger partial charge in [-0.3, -0.25) is 14.9 Å². The number of carbonyl (C=O) groups excluding carboxylic acids is 1. The maximum atomic E-state index is 13.5.